The minimum atomic E-state index is -0.126. The second-order valence-corrected chi connectivity index (χ2v) is 6.03. The Morgan fingerprint density at radius 1 is 1.29 bits per heavy atom. The van der Waals surface area contributed by atoms with Gasteiger partial charge in [-0.15, -0.1) is 0 Å². The van der Waals surface area contributed by atoms with Crippen molar-refractivity contribution in [2.24, 2.45) is 5.92 Å². The van der Waals surface area contributed by atoms with Crippen LogP contribution < -0.4 is 5.32 Å². The van der Waals surface area contributed by atoms with E-state index in [0.717, 1.165) is 43.6 Å². The van der Waals surface area contributed by atoms with Crippen molar-refractivity contribution in [3.63, 3.8) is 0 Å². The van der Waals surface area contributed by atoms with E-state index in [0.29, 0.717) is 5.92 Å². The summed E-state index contributed by atoms with van der Waals surface area (Å²) in [4.78, 5) is 0. The van der Waals surface area contributed by atoms with Gasteiger partial charge >= 0.3 is 0 Å². The molecule has 1 fully saturated rings. The van der Waals surface area contributed by atoms with Crippen molar-refractivity contribution >= 4 is 0 Å². The number of hydrogen-bond acceptors (Lipinski definition) is 3. The first-order valence-electron chi connectivity index (χ1n) is 7.72. The van der Waals surface area contributed by atoms with Crippen LogP contribution in [0.15, 0.2) is 30.5 Å². The number of aliphatic hydroxyl groups is 1. The van der Waals surface area contributed by atoms with E-state index >= 15 is 0 Å². The Hall–Kier alpha value is -1.65. The molecule has 0 bridgehead atoms. The number of hydrogen-bond donors (Lipinski definition) is 3. The molecule has 1 aliphatic carbocycles. The molecule has 1 saturated carbocycles. The number of aryl methyl sites for hydroxylation is 1. The molecule has 112 valence electrons. The highest BCUT2D eigenvalue weighted by Crippen LogP contribution is 2.25. The summed E-state index contributed by atoms with van der Waals surface area (Å²) >= 11 is 0. The van der Waals surface area contributed by atoms with E-state index in [9.17, 15) is 5.11 Å². The fraction of sp³-hybridized carbons (Fsp3) is 0.471. The highest BCUT2D eigenvalue weighted by atomic mass is 16.3. The second-order valence-electron chi connectivity index (χ2n) is 6.03. The van der Waals surface area contributed by atoms with Gasteiger partial charge < -0.3 is 10.4 Å². The first-order valence-corrected chi connectivity index (χ1v) is 7.72. The van der Waals surface area contributed by atoms with Crippen molar-refractivity contribution in [2.75, 3.05) is 6.54 Å². The number of H-pyrrole nitrogens is 1. The third kappa shape index (κ3) is 3.34. The highest BCUT2D eigenvalue weighted by Gasteiger charge is 2.24. The van der Waals surface area contributed by atoms with Gasteiger partial charge in [0.25, 0.3) is 0 Å². The number of aromatic amines is 1. The summed E-state index contributed by atoms with van der Waals surface area (Å²) in [5, 5.41) is 20.6. The molecule has 1 aromatic heterocycles. The fourth-order valence-electron chi connectivity index (χ4n) is 3.06. The van der Waals surface area contributed by atoms with Crippen molar-refractivity contribution in [3.05, 3.63) is 41.6 Å². The fourth-order valence-corrected chi connectivity index (χ4v) is 3.06. The van der Waals surface area contributed by atoms with E-state index in [4.69, 9.17) is 0 Å². The Morgan fingerprint density at radius 3 is 2.81 bits per heavy atom. The van der Waals surface area contributed by atoms with Gasteiger partial charge in [-0.3, -0.25) is 5.10 Å². The molecule has 0 amide bonds. The number of aliphatic hydroxyl groups excluding tert-OH is 1. The van der Waals surface area contributed by atoms with Crippen LogP contribution >= 0.6 is 0 Å². The normalized spacial score (nSPS) is 21.8. The van der Waals surface area contributed by atoms with Gasteiger partial charge in [0.05, 0.1) is 18.0 Å². The van der Waals surface area contributed by atoms with Crippen LogP contribution in [0.3, 0.4) is 0 Å². The zero-order valence-corrected chi connectivity index (χ0v) is 12.5. The molecule has 21 heavy (non-hydrogen) atoms. The van der Waals surface area contributed by atoms with Crippen LogP contribution in [-0.2, 0) is 6.54 Å². The van der Waals surface area contributed by atoms with E-state index in [2.05, 4.69) is 46.7 Å². The van der Waals surface area contributed by atoms with Gasteiger partial charge in [-0.25, -0.2) is 0 Å². The Labute approximate surface area is 125 Å². The third-order valence-corrected chi connectivity index (χ3v) is 4.40. The van der Waals surface area contributed by atoms with E-state index < -0.39 is 0 Å². The molecule has 0 saturated heterocycles. The maximum Gasteiger partial charge on any atom is 0.0695 e. The molecule has 1 aliphatic rings. The van der Waals surface area contributed by atoms with Gasteiger partial charge in [-0.2, -0.15) is 5.10 Å². The molecule has 3 rings (SSSR count). The molecular weight excluding hydrogens is 262 g/mol. The molecule has 4 heteroatoms. The Balaban J connectivity index is 1.61. The topological polar surface area (TPSA) is 60.9 Å². The summed E-state index contributed by atoms with van der Waals surface area (Å²) < 4.78 is 0. The van der Waals surface area contributed by atoms with Crippen LogP contribution in [0.4, 0.5) is 0 Å². The van der Waals surface area contributed by atoms with Crippen LogP contribution in [0.2, 0.25) is 0 Å². The summed E-state index contributed by atoms with van der Waals surface area (Å²) in [6, 6.07) is 8.46. The van der Waals surface area contributed by atoms with Gasteiger partial charge in [0, 0.05) is 18.7 Å². The molecule has 2 unspecified atom stereocenters. The Bertz CT molecular complexity index is 576. The van der Waals surface area contributed by atoms with E-state index in [1.165, 1.54) is 11.1 Å². The number of nitrogens with zero attached hydrogens (tertiary/aromatic N) is 1. The van der Waals surface area contributed by atoms with Crippen LogP contribution in [-0.4, -0.2) is 28.0 Å². The largest absolute Gasteiger partial charge is 0.393 e. The summed E-state index contributed by atoms with van der Waals surface area (Å²) in [5.74, 6) is 0.403. The molecule has 3 N–H and O–H groups in total. The van der Waals surface area contributed by atoms with Gasteiger partial charge in [0.2, 0.25) is 0 Å². The quantitative estimate of drug-likeness (QED) is 0.791. The summed E-state index contributed by atoms with van der Waals surface area (Å²) in [7, 11) is 0. The minimum Gasteiger partial charge on any atom is -0.393 e. The lowest BCUT2D eigenvalue weighted by atomic mass is 10.0. The molecule has 1 aromatic carbocycles. The first-order chi connectivity index (χ1) is 10.2. The number of nitrogens with one attached hydrogen (secondary N) is 2. The van der Waals surface area contributed by atoms with Crippen LogP contribution in [0.1, 0.15) is 30.4 Å². The predicted molar refractivity (Wildman–Crippen MR) is 83.8 cm³/mol. The maximum absolute atomic E-state index is 9.85. The Morgan fingerprint density at radius 2 is 2.10 bits per heavy atom. The molecular formula is C17H23N3O. The predicted octanol–water partition coefficient (Wildman–Crippen LogP) is 2.64. The Kier molecular flexibility index (Phi) is 4.36. The highest BCUT2D eigenvalue weighted by molar-refractivity contribution is 5.62. The van der Waals surface area contributed by atoms with Gasteiger partial charge in [0.15, 0.2) is 0 Å². The zero-order valence-electron chi connectivity index (χ0n) is 12.5. The average Bonchev–Trinajstić information content (AvgIpc) is 3.10. The smallest absolute Gasteiger partial charge is 0.0695 e. The van der Waals surface area contributed by atoms with Gasteiger partial charge in [-0.1, -0.05) is 36.2 Å². The van der Waals surface area contributed by atoms with Crippen LogP contribution in [0, 0.1) is 12.8 Å². The molecule has 2 atom stereocenters. The number of rotatable bonds is 5. The van der Waals surface area contributed by atoms with Crippen molar-refractivity contribution in [3.8, 4) is 11.3 Å². The van der Waals surface area contributed by atoms with Crippen LogP contribution in [0.5, 0.6) is 0 Å². The second kappa shape index (κ2) is 6.41. The molecule has 0 aliphatic heterocycles. The lowest BCUT2D eigenvalue weighted by Gasteiger charge is -2.15. The molecule has 0 spiro atoms. The lowest BCUT2D eigenvalue weighted by Crippen LogP contribution is -2.27. The average molecular weight is 285 g/mol. The molecule has 0 radical (unpaired) electrons. The molecule has 2 aromatic rings. The standard InChI is InChI=1S/C17H23N3O/c1-12-5-7-13(8-6-12)17-15(11-19-20-17)10-18-9-14-3-2-4-16(14)21/h5-8,11,14,16,18,21H,2-4,9-10H2,1H3,(H,19,20). The van der Waals surface area contributed by atoms with Crippen molar-refractivity contribution in [2.45, 2.75) is 38.8 Å². The van der Waals surface area contributed by atoms with E-state index in [1.54, 1.807) is 0 Å². The monoisotopic (exact) mass is 285 g/mol. The van der Waals surface area contributed by atoms with E-state index in [-0.39, 0.29) is 6.10 Å². The summed E-state index contributed by atoms with van der Waals surface area (Å²) in [6.45, 7) is 3.74. The first kappa shape index (κ1) is 14.3. The molecule has 4 nitrogen and oxygen atoms in total. The zero-order chi connectivity index (χ0) is 14.7. The minimum absolute atomic E-state index is 0.126. The third-order valence-electron chi connectivity index (χ3n) is 4.40. The number of benzene rings is 1. The van der Waals surface area contributed by atoms with Crippen molar-refractivity contribution < 1.29 is 5.11 Å². The summed E-state index contributed by atoms with van der Waals surface area (Å²) in [6.07, 6.45) is 4.98. The number of aromatic nitrogens is 2. The van der Waals surface area contributed by atoms with Gasteiger partial charge in [-0.05, 0) is 31.2 Å². The molecule has 1 heterocycles. The van der Waals surface area contributed by atoms with E-state index in [1.807, 2.05) is 6.20 Å². The summed E-state index contributed by atoms with van der Waals surface area (Å²) in [5.41, 5.74) is 4.67. The lowest BCUT2D eigenvalue weighted by molar-refractivity contribution is 0.131. The van der Waals surface area contributed by atoms with Crippen LogP contribution in [0.25, 0.3) is 11.3 Å². The van der Waals surface area contributed by atoms with Gasteiger partial charge in [0.1, 0.15) is 0 Å². The van der Waals surface area contributed by atoms with Crippen molar-refractivity contribution in [1.82, 2.24) is 15.5 Å². The SMILES string of the molecule is Cc1ccc(-c2[nH]ncc2CNCC2CCCC2O)cc1. The van der Waals surface area contributed by atoms with Crippen molar-refractivity contribution in [1.29, 1.82) is 0 Å². The maximum atomic E-state index is 9.85.